The molecule has 1 N–H and O–H groups in total. The minimum atomic E-state index is -3.75. The molecule has 136 valence electrons. The zero-order valence-electron chi connectivity index (χ0n) is 14.6. The van der Waals surface area contributed by atoms with Crippen molar-refractivity contribution in [3.8, 4) is 5.75 Å². The second-order valence-corrected chi connectivity index (χ2v) is 8.92. The summed E-state index contributed by atoms with van der Waals surface area (Å²) in [5.74, 6) is 0.0622. The third-order valence-electron chi connectivity index (χ3n) is 5.30. The molecular weight excluding hydrogens is 352 g/mol. The van der Waals surface area contributed by atoms with Gasteiger partial charge in [0.15, 0.2) is 4.75 Å². The van der Waals surface area contributed by atoms with Crippen molar-refractivity contribution in [2.75, 3.05) is 23.3 Å². The van der Waals surface area contributed by atoms with Crippen molar-refractivity contribution in [3.05, 3.63) is 54.1 Å². The van der Waals surface area contributed by atoms with Gasteiger partial charge in [-0.2, -0.15) is 0 Å². The normalized spacial score (nSPS) is 25.5. The first-order valence-electron chi connectivity index (χ1n) is 8.43. The standard InChI is InChI=1S/C19H20N2O4S/c1-13-10-16(25-2)8-9-17(13)20-18(22)19-11-14(19)12-21(26(19,23)24)15-6-4-3-5-7-15/h3-10,14H,11-12H2,1-2H3,(H,20,22)/t14-,19-/m0/s1. The fourth-order valence-electron chi connectivity index (χ4n) is 3.70. The molecular formula is C19H20N2O4S. The maximum atomic E-state index is 13.1. The van der Waals surface area contributed by atoms with Gasteiger partial charge in [0.1, 0.15) is 5.75 Å². The molecule has 0 spiro atoms. The van der Waals surface area contributed by atoms with Gasteiger partial charge in [0.2, 0.25) is 15.9 Å². The number of nitrogens with one attached hydrogen (secondary N) is 1. The van der Waals surface area contributed by atoms with Crippen LogP contribution in [0.2, 0.25) is 0 Å². The predicted molar refractivity (Wildman–Crippen MR) is 99.9 cm³/mol. The van der Waals surface area contributed by atoms with Gasteiger partial charge >= 0.3 is 0 Å². The number of amides is 1. The Balaban J connectivity index is 1.61. The molecule has 0 unspecified atom stereocenters. The number of para-hydroxylation sites is 1. The minimum Gasteiger partial charge on any atom is -0.497 e. The van der Waals surface area contributed by atoms with E-state index in [-0.39, 0.29) is 5.92 Å². The van der Waals surface area contributed by atoms with Crippen LogP contribution in [0.4, 0.5) is 11.4 Å². The van der Waals surface area contributed by atoms with Crippen molar-refractivity contribution in [2.45, 2.75) is 18.1 Å². The number of carbonyl (C=O) groups is 1. The average molecular weight is 372 g/mol. The number of anilines is 2. The summed E-state index contributed by atoms with van der Waals surface area (Å²) >= 11 is 0. The number of sulfonamides is 1. The number of ether oxygens (including phenoxy) is 1. The quantitative estimate of drug-likeness (QED) is 0.895. The Hall–Kier alpha value is -2.54. The van der Waals surface area contributed by atoms with Crippen molar-refractivity contribution in [1.82, 2.24) is 0 Å². The van der Waals surface area contributed by atoms with Gasteiger partial charge in [-0.1, -0.05) is 18.2 Å². The maximum Gasteiger partial charge on any atom is 0.250 e. The van der Waals surface area contributed by atoms with E-state index in [1.54, 1.807) is 49.6 Å². The molecule has 4 rings (SSSR count). The van der Waals surface area contributed by atoms with E-state index in [4.69, 9.17) is 4.74 Å². The second kappa shape index (κ2) is 5.74. The number of rotatable bonds is 4. The van der Waals surface area contributed by atoms with Crippen LogP contribution >= 0.6 is 0 Å². The number of hydrogen-bond donors (Lipinski definition) is 1. The predicted octanol–water partition coefficient (Wildman–Crippen LogP) is 2.55. The first kappa shape index (κ1) is 16.9. The van der Waals surface area contributed by atoms with Gasteiger partial charge in [-0.25, -0.2) is 8.42 Å². The summed E-state index contributed by atoms with van der Waals surface area (Å²) in [6, 6.07) is 14.2. The number of hydrogen-bond acceptors (Lipinski definition) is 4. The van der Waals surface area contributed by atoms with Crippen molar-refractivity contribution >= 4 is 27.3 Å². The minimum absolute atomic E-state index is 0.175. The van der Waals surface area contributed by atoms with Crippen LogP contribution < -0.4 is 14.4 Å². The Morgan fingerprint density at radius 3 is 2.62 bits per heavy atom. The van der Waals surface area contributed by atoms with Crippen LogP contribution in [0.25, 0.3) is 0 Å². The lowest BCUT2D eigenvalue weighted by Crippen LogP contribution is -2.42. The zero-order chi connectivity index (χ0) is 18.5. The lowest BCUT2D eigenvalue weighted by Gasteiger charge is -2.23. The van der Waals surface area contributed by atoms with Crippen LogP contribution in [0.1, 0.15) is 12.0 Å². The Kier molecular flexibility index (Phi) is 3.73. The van der Waals surface area contributed by atoms with Crippen LogP contribution in [-0.2, 0) is 14.8 Å². The second-order valence-electron chi connectivity index (χ2n) is 6.80. The molecule has 1 aliphatic carbocycles. The van der Waals surface area contributed by atoms with Crippen LogP contribution in [0.15, 0.2) is 48.5 Å². The van der Waals surface area contributed by atoms with Gasteiger partial charge < -0.3 is 10.1 Å². The van der Waals surface area contributed by atoms with E-state index in [9.17, 15) is 13.2 Å². The molecule has 2 aliphatic rings. The van der Waals surface area contributed by atoms with E-state index in [0.29, 0.717) is 30.1 Å². The summed E-state index contributed by atoms with van der Waals surface area (Å²) in [5.41, 5.74) is 2.03. The Morgan fingerprint density at radius 2 is 1.96 bits per heavy atom. The SMILES string of the molecule is COc1ccc(NC(=O)[C@]23C[C@H]2CN(c2ccccc2)S3(=O)=O)c(C)c1. The number of fused-ring (bicyclic) bond motifs is 1. The molecule has 1 heterocycles. The molecule has 2 aromatic carbocycles. The molecule has 1 amide bonds. The topological polar surface area (TPSA) is 75.7 Å². The van der Waals surface area contributed by atoms with Crippen molar-refractivity contribution in [1.29, 1.82) is 0 Å². The summed E-state index contributed by atoms with van der Waals surface area (Å²) in [4.78, 5) is 12.9. The highest BCUT2D eigenvalue weighted by atomic mass is 32.2. The van der Waals surface area contributed by atoms with Gasteiger partial charge in [-0.05, 0) is 49.2 Å². The lowest BCUT2D eigenvalue weighted by molar-refractivity contribution is -0.116. The average Bonchev–Trinajstić information content (AvgIpc) is 3.33. The van der Waals surface area contributed by atoms with Crippen LogP contribution in [0.5, 0.6) is 5.75 Å². The largest absolute Gasteiger partial charge is 0.497 e. The van der Waals surface area contributed by atoms with Crippen LogP contribution in [0.3, 0.4) is 0 Å². The molecule has 2 atom stereocenters. The maximum absolute atomic E-state index is 13.1. The molecule has 1 saturated carbocycles. The van der Waals surface area contributed by atoms with Gasteiger partial charge in [0.05, 0.1) is 12.8 Å². The first-order valence-corrected chi connectivity index (χ1v) is 9.87. The van der Waals surface area contributed by atoms with E-state index >= 15 is 0 Å². The highest BCUT2D eigenvalue weighted by Gasteiger charge is 2.75. The molecule has 26 heavy (non-hydrogen) atoms. The molecule has 0 radical (unpaired) electrons. The molecule has 0 bridgehead atoms. The van der Waals surface area contributed by atoms with E-state index in [1.165, 1.54) is 4.31 Å². The van der Waals surface area contributed by atoms with Gasteiger partial charge in [0.25, 0.3) is 0 Å². The van der Waals surface area contributed by atoms with E-state index in [0.717, 1.165) is 5.56 Å². The molecule has 2 fully saturated rings. The Morgan fingerprint density at radius 1 is 1.23 bits per heavy atom. The van der Waals surface area contributed by atoms with E-state index in [1.807, 2.05) is 13.0 Å². The number of benzene rings is 2. The third kappa shape index (κ3) is 2.30. The molecule has 7 heteroatoms. The van der Waals surface area contributed by atoms with Gasteiger partial charge in [-0.15, -0.1) is 0 Å². The highest BCUT2D eigenvalue weighted by molar-refractivity contribution is 7.95. The Labute approximate surface area is 152 Å². The number of methoxy groups -OCH3 is 1. The summed E-state index contributed by atoms with van der Waals surface area (Å²) in [6.07, 6.45) is 0.375. The molecule has 6 nitrogen and oxygen atoms in total. The molecule has 0 aromatic heterocycles. The smallest absolute Gasteiger partial charge is 0.250 e. The van der Waals surface area contributed by atoms with Gasteiger partial charge in [-0.3, -0.25) is 9.10 Å². The van der Waals surface area contributed by atoms with Crippen molar-refractivity contribution in [2.24, 2.45) is 5.92 Å². The lowest BCUT2D eigenvalue weighted by atomic mass is 10.1. The number of carbonyl (C=O) groups excluding carboxylic acids is 1. The summed E-state index contributed by atoms with van der Waals surface area (Å²) in [6.45, 7) is 2.20. The van der Waals surface area contributed by atoms with E-state index < -0.39 is 20.7 Å². The van der Waals surface area contributed by atoms with E-state index in [2.05, 4.69) is 5.32 Å². The number of aryl methyl sites for hydroxylation is 1. The summed E-state index contributed by atoms with van der Waals surface area (Å²) in [5, 5.41) is 2.81. The Bertz CT molecular complexity index is 974. The fourth-order valence-corrected chi connectivity index (χ4v) is 6.06. The fraction of sp³-hybridized carbons (Fsp3) is 0.316. The monoisotopic (exact) mass is 372 g/mol. The van der Waals surface area contributed by atoms with Crippen molar-refractivity contribution < 1.29 is 17.9 Å². The molecule has 2 aromatic rings. The summed E-state index contributed by atoms with van der Waals surface area (Å²) in [7, 11) is -2.18. The third-order valence-corrected chi connectivity index (χ3v) is 7.84. The van der Waals surface area contributed by atoms with Crippen LogP contribution in [-0.4, -0.2) is 32.7 Å². The molecule has 1 aliphatic heterocycles. The summed E-state index contributed by atoms with van der Waals surface area (Å²) < 4.78 is 31.4. The zero-order valence-corrected chi connectivity index (χ0v) is 15.4. The number of nitrogens with zero attached hydrogens (tertiary/aromatic N) is 1. The van der Waals surface area contributed by atoms with Crippen molar-refractivity contribution in [3.63, 3.8) is 0 Å². The highest BCUT2D eigenvalue weighted by Crippen LogP contribution is 2.58. The van der Waals surface area contributed by atoms with Gasteiger partial charge in [0, 0.05) is 18.2 Å². The van der Waals surface area contributed by atoms with Crippen LogP contribution in [0, 0.1) is 12.8 Å². The molecule has 1 saturated heterocycles. The first-order chi connectivity index (χ1) is 12.4.